The standard InChI is InChI=1S/C21H19N5O2S/c1-12-9-13-5-3-4-6-17(13)26(12)18(27)11-29-21-23-20-19(24-25-21)15-10-14(28-2)7-8-16(15)22-20/h3-8,10,12H,9,11H2,1-2H3,(H,22,23,25). The molecule has 3 heterocycles. The van der Waals surface area contributed by atoms with E-state index in [9.17, 15) is 4.79 Å². The van der Waals surface area contributed by atoms with Gasteiger partial charge in [-0.05, 0) is 43.2 Å². The number of methoxy groups -OCH3 is 1. The minimum atomic E-state index is 0.0533. The number of aromatic nitrogens is 4. The molecule has 2 aromatic carbocycles. The maximum atomic E-state index is 12.9. The molecule has 0 spiro atoms. The van der Waals surface area contributed by atoms with E-state index < -0.39 is 0 Å². The highest BCUT2D eigenvalue weighted by Crippen LogP contribution is 2.33. The van der Waals surface area contributed by atoms with Crippen LogP contribution >= 0.6 is 11.8 Å². The van der Waals surface area contributed by atoms with Crippen molar-refractivity contribution < 1.29 is 9.53 Å². The molecule has 0 fully saturated rings. The van der Waals surface area contributed by atoms with Crippen molar-refractivity contribution in [3.8, 4) is 5.75 Å². The fourth-order valence-corrected chi connectivity index (χ4v) is 4.51. The van der Waals surface area contributed by atoms with Gasteiger partial charge in [0.05, 0.1) is 12.9 Å². The Morgan fingerprint density at radius 1 is 1.28 bits per heavy atom. The zero-order valence-corrected chi connectivity index (χ0v) is 16.9. The van der Waals surface area contributed by atoms with Crippen LogP contribution in [0.25, 0.3) is 22.1 Å². The van der Waals surface area contributed by atoms with Crippen LogP contribution in [0.2, 0.25) is 0 Å². The number of aromatic amines is 1. The molecule has 29 heavy (non-hydrogen) atoms. The molecule has 8 heteroatoms. The van der Waals surface area contributed by atoms with Gasteiger partial charge in [0.2, 0.25) is 11.1 Å². The molecule has 1 aliphatic heterocycles. The van der Waals surface area contributed by atoms with E-state index in [1.54, 1.807) is 7.11 Å². The highest BCUT2D eigenvalue weighted by Gasteiger charge is 2.30. The molecule has 7 nitrogen and oxygen atoms in total. The highest BCUT2D eigenvalue weighted by molar-refractivity contribution is 7.99. The van der Waals surface area contributed by atoms with Crippen molar-refractivity contribution in [3.63, 3.8) is 0 Å². The molecule has 1 unspecified atom stereocenters. The summed E-state index contributed by atoms with van der Waals surface area (Å²) in [6, 6.07) is 13.9. The predicted molar refractivity (Wildman–Crippen MR) is 114 cm³/mol. The van der Waals surface area contributed by atoms with Crippen molar-refractivity contribution >= 4 is 45.4 Å². The normalized spacial score (nSPS) is 15.8. The van der Waals surface area contributed by atoms with Crippen LogP contribution in [0.1, 0.15) is 12.5 Å². The average molecular weight is 405 g/mol. The first-order chi connectivity index (χ1) is 14.1. The van der Waals surface area contributed by atoms with E-state index in [1.165, 1.54) is 17.3 Å². The molecule has 0 saturated carbocycles. The van der Waals surface area contributed by atoms with Crippen molar-refractivity contribution in [1.29, 1.82) is 0 Å². The summed E-state index contributed by atoms with van der Waals surface area (Å²) >= 11 is 1.30. The van der Waals surface area contributed by atoms with Crippen molar-refractivity contribution in [2.45, 2.75) is 24.5 Å². The lowest BCUT2D eigenvalue weighted by Crippen LogP contribution is -2.37. The zero-order chi connectivity index (χ0) is 20.0. The number of hydrogen-bond donors (Lipinski definition) is 1. The van der Waals surface area contributed by atoms with E-state index in [0.717, 1.165) is 28.8 Å². The molecule has 1 aliphatic rings. The lowest BCUT2D eigenvalue weighted by molar-refractivity contribution is -0.116. The van der Waals surface area contributed by atoms with Gasteiger partial charge in [0.1, 0.15) is 11.3 Å². The minimum absolute atomic E-state index is 0.0533. The Morgan fingerprint density at radius 3 is 3.00 bits per heavy atom. The number of fused-ring (bicyclic) bond motifs is 4. The Hall–Kier alpha value is -3.13. The number of thioether (sulfide) groups is 1. The Labute approximate surface area is 171 Å². The fraction of sp³-hybridized carbons (Fsp3) is 0.238. The number of carbonyl (C=O) groups excluding carboxylic acids is 1. The molecule has 0 saturated heterocycles. The first-order valence-corrected chi connectivity index (χ1v) is 10.4. The molecule has 1 amide bonds. The van der Waals surface area contributed by atoms with E-state index in [0.29, 0.717) is 16.3 Å². The van der Waals surface area contributed by atoms with E-state index in [2.05, 4.69) is 33.2 Å². The van der Waals surface area contributed by atoms with Gasteiger partial charge in [-0.1, -0.05) is 30.0 Å². The molecule has 2 aromatic heterocycles. The molecule has 0 aliphatic carbocycles. The Bertz CT molecular complexity index is 1240. The molecule has 5 rings (SSSR count). The van der Waals surface area contributed by atoms with Gasteiger partial charge >= 0.3 is 0 Å². The van der Waals surface area contributed by atoms with E-state index in [4.69, 9.17) is 4.74 Å². The second-order valence-electron chi connectivity index (χ2n) is 7.06. The van der Waals surface area contributed by atoms with Gasteiger partial charge in [-0.3, -0.25) is 4.79 Å². The number of nitrogens with zero attached hydrogens (tertiary/aromatic N) is 4. The van der Waals surface area contributed by atoms with Crippen LogP contribution in [0.3, 0.4) is 0 Å². The number of rotatable bonds is 4. The van der Waals surface area contributed by atoms with Crippen LogP contribution in [0, 0.1) is 0 Å². The summed E-state index contributed by atoms with van der Waals surface area (Å²) in [5.41, 5.74) is 4.48. The molecular formula is C21H19N5O2S. The van der Waals surface area contributed by atoms with Crippen LogP contribution < -0.4 is 9.64 Å². The zero-order valence-electron chi connectivity index (χ0n) is 16.0. The lowest BCUT2D eigenvalue weighted by atomic mass is 10.1. The van der Waals surface area contributed by atoms with Crippen LogP contribution in [-0.2, 0) is 11.2 Å². The van der Waals surface area contributed by atoms with Crippen molar-refractivity contribution in [2.24, 2.45) is 0 Å². The third-order valence-electron chi connectivity index (χ3n) is 5.20. The number of hydrogen-bond acceptors (Lipinski definition) is 6. The van der Waals surface area contributed by atoms with Crippen LogP contribution in [0.4, 0.5) is 5.69 Å². The van der Waals surface area contributed by atoms with Gasteiger partial charge in [0, 0.05) is 22.6 Å². The molecule has 1 N–H and O–H groups in total. The van der Waals surface area contributed by atoms with Crippen molar-refractivity contribution in [1.82, 2.24) is 20.2 Å². The summed E-state index contributed by atoms with van der Waals surface area (Å²) in [6.45, 7) is 2.07. The quantitative estimate of drug-likeness (QED) is 0.523. The van der Waals surface area contributed by atoms with E-state index in [1.807, 2.05) is 41.3 Å². The minimum Gasteiger partial charge on any atom is -0.497 e. The summed E-state index contributed by atoms with van der Waals surface area (Å²) in [7, 11) is 1.63. The number of amides is 1. The smallest absolute Gasteiger partial charge is 0.237 e. The third-order valence-corrected chi connectivity index (χ3v) is 6.03. The largest absolute Gasteiger partial charge is 0.497 e. The van der Waals surface area contributed by atoms with Crippen molar-refractivity contribution in [3.05, 3.63) is 48.0 Å². The summed E-state index contributed by atoms with van der Waals surface area (Å²) in [5, 5.41) is 9.93. The van der Waals surface area contributed by atoms with Gasteiger partial charge in [-0.15, -0.1) is 10.2 Å². The first-order valence-electron chi connectivity index (χ1n) is 9.37. The molecule has 1 atom stereocenters. The van der Waals surface area contributed by atoms with E-state index >= 15 is 0 Å². The number of para-hydroxylation sites is 1. The maximum absolute atomic E-state index is 12.9. The Kier molecular flexibility index (Phi) is 4.35. The van der Waals surface area contributed by atoms with E-state index in [-0.39, 0.29) is 17.7 Å². The van der Waals surface area contributed by atoms with Crippen LogP contribution in [0.15, 0.2) is 47.6 Å². The molecular weight excluding hydrogens is 386 g/mol. The van der Waals surface area contributed by atoms with Crippen LogP contribution in [0.5, 0.6) is 5.75 Å². The van der Waals surface area contributed by atoms with Gasteiger partial charge in [0.15, 0.2) is 5.65 Å². The summed E-state index contributed by atoms with van der Waals surface area (Å²) in [4.78, 5) is 22.6. The second kappa shape index (κ2) is 7.04. The van der Waals surface area contributed by atoms with Gasteiger partial charge < -0.3 is 14.6 Å². The van der Waals surface area contributed by atoms with Gasteiger partial charge in [-0.2, -0.15) is 0 Å². The number of ether oxygens (including phenoxy) is 1. The van der Waals surface area contributed by atoms with Crippen LogP contribution in [-0.4, -0.2) is 45.0 Å². The Morgan fingerprint density at radius 2 is 2.14 bits per heavy atom. The molecule has 0 bridgehead atoms. The Balaban J connectivity index is 1.37. The lowest BCUT2D eigenvalue weighted by Gasteiger charge is -2.22. The molecule has 146 valence electrons. The maximum Gasteiger partial charge on any atom is 0.237 e. The molecule has 0 radical (unpaired) electrons. The monoisotopic (exact) mass is 405 g/mol. The van der Waals surface area contributed by atoms with Crippen molar-refractivity contribution in [2.75, 3.05) is 17.8 Å². The second-order valence-corrected chi connectivity index (χ2v) is 8.00. The SMILES string of the molecule is COc1ccc2[nH]c3nc(SCC(=O)N4c5ccccc5CC4C)nnc3c2c1. The molecule has 4 aromatic rings. The summed E-state index contributed by atoms with van der Waals surface area (Å²) in [6.07, 6.45) is 0.884. The highest BCUT2D eigenvalue weighted by atomic mass is 32.2. The fourth-order valence-electron chi connectivity index (χ4n) is 3.87. The first kappa shape index (κ1) is 17.9. The summed E-state index contributed by atoms with van der Waals surface area (Å²) in [5.74, 6) is 1.07. The average Bonchev–Trinajstić information content (AvgIpc) is 3.27. The number of carbonyl (C=O) groups is 1. The number of benzene rings is 2. The summed E-state index contributed by atoms with van der Waals surface area (Å²) < 4.78 is 5.28. The number of nitrogens with one attached hydrogen (secondary N) is 1. The van der Waals surface area contributed by atoms with Gasteiger partial charge in [-0.25, -0.2) is 4.98 Å². The van der Waals surface area contributed by atoms with Gasteiger partial charge in [0.25, 0.3) is 0 Å². The number of anilines is 1. The topological polar surface area (TPSA) is 84.0 Å². The predicted octanol–water partition coefficient (Wildman–Crippen LogP) is 3.58. The third kappa shape index (κ3) is 3.09. The number of H-pyrrole nitrogens is 1.